The first kappa shape index (κ1) is 13.6. The molecule has 2 heterocycles. The zero-order chi connectivity index (χ0) is 13.0. The zero-order valence-corrected chi connectivity index (χ0v) is 12.3. The second kappa shape index (κ2) is 5.88. The summed E-state index contributed by atoms with van der Waals surface area (Å²) in [5.74, 6) is 1.07. The molecule has 0 aliphatic carbocycles. The molecule has 0 saturated carbocycles. The third-order valence-electron chi connectivity index (χ3n) is 2.87. The molecule has 1 aromatic heterocycles. The van der Waals surface area contributed by atoms with E-state index in [-0.39, 0.29) is 10.7 Å². The van der Waals surface area contributed by atoms with Crippen molar-refractivity contribution in [2.75, 3.05) is 24.2 Å². The van der Waals surface area contributed by atoms with E-state index in [1.54, 1.807) is 0 Å². The molecule has 100 valence electrons. The van der Waals surface area contributed by atoms with E-state index in [0.29, 0.717) is 16.7 Å². The van der Waals surface area contributed by atoms with Gasteiger partial charge in [0, 0.05) is 17.8 Å². The van der Waals surface area contributed by atoms with Crippen molar-refractivity contribution in [2.45, 2.75) is 31.4 Å². The van der Waals surface area contributed by atoms with Gasteiger partial charge >= 0.3 is 0 Å². The minimum Gasteiger partial charge on any atom is -0.360 e. The molecule has 5 nitrogen and oxygen atoms in total. The van der Waals surface area contributed by atoms with Crippen molar-refractivity contribution in [2.24, 2.45) is 0 Å². The monoisotopic (exact) mass is 286 g/mol. The second-order valence-corrected chi connectivity index (χ2v) is 7.19. The van der Waals surface area contributed by atoms with Crippen LogP contribution in [-0.2, 0) is 0 Å². The maximum Gasteiger partial charge on any atom is 0.282 e. The first-order chi connectivity index (χ1) is 8.63. The summed E-state index contributed by atoms with van der Waals surface area (Å²) in [7, 11) is 0. The normalized spacial score (nSPS) is 23.0. The number of hydrogen-bond donors (Lipinski definition) is 2. The highest BCUT2D eigenvalue weighted by Crippen LogP contribution is 2.37. The van der Waals surface area contributed by atoms with Crippen LogP contribution >= 0.6 is 23.1 Å². The third-order valence-corrected chi connectivity index (χ3v) is 5.29. The Morgan fingerprint density at radius 3 is 3.00 bits per heavy atom. The molecule has 1 amide bonds. The number of hydrogen-bond acceptors (Lipinski definition) is 6. The van der Waals surface area contributed by atoms with Crippen LogP contribution in [0.15, 0.2) is 0 Å². The lowest BCUT2D eigenvalue weighted by Gasteiger charge is -2.22. The number of carbonyl (C=O) groups excluding carboxylic acids is 1. The van der Waals surface area contributed by atoms with Crippen LogP contribution in [0.3, 0.4) is 0 Å². The minimum atomic E-state index is -0.120. The number of aromatic nitrogens is 2. The van der Waals surface area contributed by atoms with Gasteiger partial charge in [-0.05, 0) is 32.4 Å². The fourth-order valence-electron chi connectivity index (χ4n) is 1.86. The van der Waals surface area contributed by atoms with Gasteiger partial charge in [0.2, 0.25) is 10.1 Å². The first-order valence-electron chi connectivity index (χ1n) is 6.12. The molecule has 1 aliphatic rings. The Hall–Kier alpha value is -0.820. The van der Waals surface area contributed by atoms with Gasteiger partial charge in [-0.15, -0.1) is 10.2 Å². The fraction of sp³-hybridized carbons (Fsp3) is 0.727. The molecule has 1 saturated heterocycles. The van der Waals surface area contributed by atoms with Crippen LogP contribution in [0, 0.1) is 0 Å². The van der Waals surface area contributed by atoms with Crippen molar-refractivity contribution in [3.8, 4) is 0 Å². The van der Waals surface area contributed by atoms with Gasteiger partial charge in [0.1, 0.15) is 0 Å². The maximum atomic E-state index is 11.9. The Kier molecular flexibility index (Phi) is 4.45. The minimum absolute atomic E-state index is 0.120. The molecule has 0 aromatic carbocycles. The van der Waals surface area contributed by atoms with Gasteiger partial charge in [0.25, 0.3) is 5.91 Å². The van der Waals surface area contributed by atoms with Crippen LogP contribution in [0.25, 0.3) is 0 Å². The number of amides is 1. The van der Waals surface area contributed by atoms with E-state index < -0.39 is 0 Å². The lowest BCUT2D eigenvalue weighted by Crippen LogP contribution is -2.36. The molecule has 2 N–H and O–H groups in total. The lowest BCUT2D eigenvalue weighted by molar-refractivity contribution is 0.0949. The van der Waals surface area contributed by atoms with E-state index in [9.17, 15) is 4.79 Å². The molecule has 2 rings (SSSR count). The summed E-state index contributed by atoms with van der Waals surface area (Å²) < 4.78 is 0.185. The molecule has 7 heteroatoms. The molecule has 1 fully saturated rings. The number of nitrogens with one attached hydrogen (secondary N) is 2. The summed E-state index contributed by atoms with van der Waals surface area (Å²) in [5.41, 5.74) is 0. The summed E-state index contributed by atoms with van der Waals surface area (Å²) in [6, 6.07) is 0. The van der Waals surface area contributed by atoms with Crippen LogP contribution in [0.4, 0.5) is 5.13 Å². The van der Waals surface area contributed by atoms with Crippen LogP contribution in [0.1, 0.15) is 36.5 Å². The Balaban J connectivity index is 1.87. The fourth-order valence-corrected chi connectivity index (χ4v) is 3.83. The average molecular weight is 286 g/mol. The third kappa shape index (κ3) is 3.35. The van der Waals surface area contributed by atoms with Crippen molar-refractivity contribution in [3.05, 3.63) is 5.01 Å². The van der Waals surface area contributed by atoms with E-state index in [2.05, 4.69) is 27.8 Å². The molecule has 18 heavy (non-hydrogen) atoms. The standard InChI is InChI=1S/C11H18N4OS2/c1-3-12-10-15-14-9(18-10)8(16)13-7-11(2)5-4-6-17-11/h3-7H2,1-2H3,(H,12,15)(H,13,16). The number of anilines is 1. The van der Waals surface area contributed by atoms with Gasteiger partial charge in [-0.25, -0.2) is 0 Å². The lowest BCUT2D eigenvalue weighted by atomic mass is 10.1. The van der Waals surface area contributed by atoms with Crippen molar-refractivity contribution in [1.29, 1.82) is 0 Å². The van der Waals surface area contributed by atoms with Crippen LogP contribution in [0.5, 0.6) is 0 Å². The predicted octanol–water partition coefficient (Wildman–Crippen LogP) is 1.99. The molecular weight excluding hydrogens is 268 g/mol. The second-order valence-electron chi connectivity index (χ2n) is 4.53. The molecule has 1 unspecified atom stereocenters. The highest BCUT2D eigenvalue weighted by atomic mass is 32.2. The molecule has 0 bridgehead atoms. The summed E-state index contributed by atoms with van der Waals surface area (Å²) in [4.78, 5) is 11.9. The molecule has 1 aromatic rings. The van der Waals surface area contributed by atoms with Gasteiger partial charge in [-0.1, -0.05) is 11.3 Å². The van der Waals surface area contributed by atoms with Crippen LogP contribution in [-0.4, -0.2) is 39.7 Å². The van der Waals surface area contributed by atoms with E-state index >= 15 is 0 Å². The van der Waals surface area contributed by atoms with Crippen LogP contribution in [0.2, 0.25) is 0 Å². The zero-order valence-electron chi connectivity index (χ0n) is 10.7. The van der Waals surface area contributed by atoms with E-state index in [1.807, 2.05) is 18.7 Å². The number of thioether (sulfide) groups is 1. The molecular formula is C11H18N4OS2. The smallest absolute Gasteiger partial charge is 0.282 e. The van der Waals surface area contributed by atoms with Crippen molar-refractivity contribution in [1.82, 2.24) is 15.5 Å². The summed E-state index contributed by atoms with van der Waals surface area (Å²) in [5, 5.41) is 14.9. The number of carbonyl (C=O) groups is 1. The predicted molar refractivity (Wildman–Crippen MR) is 76.5 cm³/mol. The Morgan fingerprint density at radius 1 is 1.50 bits per heavy atom. The Morgan fingerprint density at radius 2 is 2.33 bits per heavy atom. The highest BCUT2D eigenvalue weighted by molar-refractivity contribution is 8.00. The van der Waals surface area contributed by atoms with Crippen molar-refractivity contribution >= 4 is 34.1 Å². The summed E-state index contributed by atoms with van der Waals surface area (Å²) in [6.45, 7) is 5.67. The van der Waals surface area contributed by atoms with E-state index in [4.69, 9.17) is 0 Å². The van der Waals surface area contributed by atoms with Gasteiger partial charge in [-0.2, -0.15) is 11.8 Å². The molecule has 0 spiro atoms. The van der Waals surface area contributed by atoms with Gasteiger partial charge in [-0.3, -0.25) is 4.79 Å². The molecule has 0 radical (unpaired) electrons. The Bertz CT molecular complexity index is 415. The summed E-state index contributed by atoms with van der Waals surface area (Å²) >= 11 is 3.23. The summed E-state index contributed by atoms with van der Waals surface area (Å²) in [6.07, 6.45) is 2.40. The van der Waals surface area contributed by atoms with Crippen molar-refractivity contribution < 1.29 is 4.79 Å². The van der Waals surface area contributed by atoms with E-state index in [1.165, 1.54) is 23.5 Å². The Labute approximate surface area is 115 Å². The molecule has 1 atom stereocenters. The van der Waals surface area contributed by atoms with Gasteiger partial charge < -0.3 is 10.6 Å². The van der Waals surface area contributed by atoms with Crippen LogP contribution < -0.4 is 10.6 Å². The largest absolute Gasteiger partial charge is 0.360 e. The first-order valence-corrected chi connectivity index (χ1v) is 7.93. The number of nitrogens with zero attached hydrogens (tertiary/aromatic N) is 2. The highest BCUT2D eigenvalue weighted by Gasteiger charge is 2.30. The van der Waals surface area contributed by atoms with Gasteiger partial charge in [0.15, 0.2) is 0 Å². The van der Waals surface area contributed by atoms with E-state index in [0.717, 1.165) is 13.0 Å². The maximum absolute atomic E-state index is 11.9. The quantitative estimate of drug-likeness (QED) is 0.866. The number of rotatable bonds is 5. The SMILES string of the molecule is CCNc1nnc(C(=O)NCC2(C)CCCS2)s1. The topological polar surface area (TPSA) is 66.9 Å². The molecule has 1 aliphatic heterocycles. The van der Waals surface area contributed by atoms with Gasteiger partial charge in [0.05, 0.1) is 0 Å². The van der Waals surface area contributed by atoms with Crippen molar-refractivity contribution in [3.63, 3.8) is 0 Å². The average Bonchev–Trinajstić information content (AvgIpc) is 2.97.